The zero-order valence-electron chi connectivity index (χ0n) is 11.7. The molecule has 2 aromatic heterocycles. The summed E-state index contributed by atoms with van der Waals surface area (Å²) in [7, 11) is 0. The molecule has 0 bridgehead atoms. The first-order valence-corrected chi connectivity index (χ1v) is 6.94. The lowest BCUT2D eigenvalue weighted by molar-refractivity contribution is -0.141. The van der Waals surface area contributed by atoms with E-state index in [2.05, 4.69) is 19.9 Å². The molecule has 3 heterocycles. The van der Waals surface area contributed by atoms with Crippen LogP contribution in [0.25, 0.3) is 0 Å². The zero-order chi connectivity index (χ0) is 15.6. The highest BCUT2D eigenvalue weighted by atomic mass is 19.4. The second-order valence-corrected chi connectivity index (χ2v) is 5.17. The Morgan fingerprint density at radius 3 is 2.73 bits per heavy atom. The molecule has 22 heavy (non-hydrogen) atoms. The van der Waals surface area contributed by atoms with Crippen molar-refractivity contribution in [3.05, 3.63) is 42.4 Å². The number of hydrogen-bond acceptors (Lipinski definition) is 5. The second kappa shape index (κ2) is 5.86. The van der Waals surface area contributed by atoms with Gasteiger partial charge in [-0.2, -0.15) is 13.2 Å². The summed E-state index contributed by atoms with van der Waals surface area (Å²) in [5.74, 6) is 0.664. The molecular formula is C14H14F3N5. The van der Waals surface area contributed by atoms with Crippen LogP contribution in [0.5, 0.6) is 0 Å². The topological polar surface area (TPSA) is 54.8 Å². The van der Waals surface area contributed by atoms with Gasteiger partial charge >= 0.3 is 6.18 Å². The van der Waals surface area contributed by atoms with Crippen molar-refractivity contribution in [1.82, 2.24) is 19.9 Å². The summed E-state index contributed by atoms with van der Waals surface area (Å²) in [6.45, 7) is 1.39. The average molecular weight is 309 g/mol. The number of alkyl halides is 3. The molecule has 3 rings (SSSR count). The quantitative estimate of drug-likeness (QED) is 0.853. The summed E-state index contributed by atoms with van der Waals surface area (Å²) in [6.07, 6.45) is 3.05. The van der Waals surface area contributed by atoms with Gasteiger partial charge in [0.05, 0.1) is 6.20 Å². The van der Waals surface area contributed by atoms with Crippen LogP contribution in [0.15, 0.2) is 31.0 Å². The van der Waals surface area contributed by atoms with Crippen molar-refractivity contribution >= 4 is 5.82 Å². The van der Waals surface area contributed by atoms with Gasteiger partial charge in [0.2, 0.25) is 0 Å². The van der Waals surface area contributed by atoms with E-state index in [4.69, 9.17) is 0 Å². The van der Waals surface area contributed by atoms with Crippen LogP contribution in [0.3, 0.4) is 0 Å². The molecule has 0 N–H and O–H groups in total. The number of hydrogen-bond donors (Lipinski definition) is 0. The number of nitrogens with zero attached hydrogens (tertiary/aromatic N) is 5. The number of piperidine rings is 1. The molecule has 1 aliphatic heterocycles. The van der Waals surface area contributed by atoms with Gasteiger partial charge in [0.25, 0.3) is 0 Å². The van der Waals surface area contributed by atoms with Crippen molar-refractivity contribution in [3.8, 4) is 0 Å². The molecule has 1 aliphatic rings. The van der Waals surface area contributed by atoms with Crippen molar-refractivity contribution in [2.75, 3.05) is 18.0 Å². The lowest BCUT2D eigenvalue weighted by atomic mass is 9.94. The first kappa shape index (κ1) is 14.7. The van der Waals surface area contributed by atoms with Gasteiger partial charge in [0.1, 0.15) is 17.8 Å². The predicted octanol–water partition coefficient (Wildman–Crippen LogP) is 2.67. The van der Waals surface area contributed by atoms with Crippen LogP contribution >= 0.6 is 0 Å². The van der Waals surface area contributed by atoms with E-state index in [-0.39, 0.29) is 5.92 Å². The maximum absolute atomic E-state index is 12.8. The fraction of sp³-hybridized carbons (Fsp3) is 0.429. The molecule has 0 radical (unpaired) electrons. The lowest BCUT2D eigenvalue weighted by Gasteiger charge is -2.33. The lowest BCUT2D eigenvalue weighted by Crippen LogP contribution is -2.35. The van der Waals surface area contributed by atoms with Gasteiger partial charge in [0.15, 0.2) is 0 Å². The van der Waals surface area contributed by atoms with E-state index in [0.29, 0.717) is 12.2 Å². The van der Waals surface area contributed by atoms with E-state index in [9.17, 15) is 13.2 Å². The minimum absolute atomic E-state index is 0.0696. The predicted molar refractivity (Wildman–Crippen MR) is 73.3 cm³/mol. The Bertz CT molecular complexity index is 632. The van der Waals surface area contributed by atoms with Crippen LogP contribution in [-0.2, 0) is 6.18 Å². The Morgan fingerprint density at radius 1 is 1.14 bits per heavy atom. The molecule has 0 aromatic carbocycles. The zero-order valence-corrected chi connectivity index (χ0v) is 11.7. The fourth-order valence-corrected chi connectivity index (χ4v) is 2.63. The first-order chi connectivity index (χ1) is 10.5. The molecule has 0 aliphatic carbocycles. The van der Waals surface area contributed by atoms with Gasteiger partial charge in [-0.1, -0.05) is 0 Å². The van der Waals surface area contributed by atoms with Crippen LogP contribution in [-0.4, -0.2) is 33.0 Å². The van der Waals surface area contributed by atoms with Gasteiger partial charge in [-0.15, -0.1) is 0 Å². The fourth-order valence-electron chi connectivity index (χ4n) is 2.63. The number of aromatic nitrogens is 4. The van der Waals surface area contributed by atoms with E-state index >= 15 is 0 Å². The van der Waals surface area contributed by atoms with Crippen molar-refractivity contribution in [3.63, 3.8) is 0 Å². The summed E-state index contributed by atoms with van der Waals surface area (Å²) in [5, 5.41) is 0. The van der Waals surface area contributed by atoms with E-state index in [1.54, 1.807) is 18.6 Å². The monoisotopic (exact) mass is 309 g/mol. The summed E-state index contributed by atoms with van der Waals surface area (Å²) < 4.78 is 38.3. The van der Waals surface area contributed by atoms with Gasteiger partial charge < -0.3 is 4.90 Å². The van der Waals surface area contributed by atoms with Crippen molar-refractivity contribution in [1.29, 1.82) is 0 Å². The number of anilines is 1. The van der Waals surface area contributed by atoms with E-state index in [0.717, 1.165) is 37.6 Å². The third kappa shape index (κ3) is 3.15. The van der Waals surface area contributed by atoms with Gasteiger partial charge in [-0.05, 0) is 18.9 Å². The van der Waals surface area contributed by atoms with Crippen LogP contribution in [0.4, 0.5) is 19.0 Å². The van der Waals surface area contributed by atoms with E-state index in [1.165, 1.54) is 0 Å². The average Bonchev–Trinajstić information content (AvgIpc) is 2.55. The third-order valence-corrected chi connectivity index (χ3v) is 3.69. The van der Waals surface area contributed by atoms with Gasteiger partial charge in [-0.25, -0.2) is 15.0 Å². The molecule has 116 valence electrons. The minimum Gasteiger partial charge on any atom is -0.355 e. The summed E-state index contributed by atoms with van der Waals surface area (Å²) in [4.78, 5) is 17.6. The summed E-state index contributed by atoms with van der Waals surface area (Å²) in [5.41, 5.74) is -0.468. The standard InChI is InChI=1S/C14H14F3N5/c15-14(16,17)12-6-11(20-9-21-12)10-2-1-5-22(8-10)13-7-18-3-4-19-13/h3-4,6-7,9-10H,1-2,5,8H2. The molecule has 8 heteroatoms. The van der Waals surface area contributed by atoms with E-state index in [1.807, 2.05) is 4.90 Å². The SMILES string of the molecule is FC(F)(F)c1cc(C2CCCN(c3cnccn3)C2)ncn1. The second-order valence-electron chi connectivity index (χ2n) is 5.17. The first-order valence-electron chi connectivity index (χ1n) is 6.94. The summed E-state index contributed by atoms with van der Waals surface area (Å²) in [6, 6.07) is 1.05. The van der Waals surface area contributed by atoms with Crippen molar-refractivity contribution < 1.29 is 13.2 Å². The molecule has 1 fully saturated rings. The highest BCUT2D eigenvalue weighted by molar-refractivity contribution is 5.37. The largest absolute Gasteiger partial charge is 0.433 e. The van der Waals surface area contributed by atoms with Crippen molar-refractivity contribution in [2.45, 2.75) is 24.9 Å². The Morgan fingerprint density at radius 2 is 2.00 bits per heavy atom. The normalized spacial score (nSPS) is 19.2. The van der Waals surface area contributed by atoms with Crippen LogP contribution < -0.4 is 4.90 Å². The molecular weight excluding hydrogens is 295 g/mol. The third-order valence-electron chi connectivity index (χ3n) is 3.69. The molecule has 2 aromatic rings. The smallest absolute Gasteiger partial charge is 0.355 e. The van der Waals surface area contributed by atoms with Gasteiger partial charge in [-0.3, -0.25) is 4.98 Å². The highest BCUT2D eigenvalue weighted by Crippen LogP contribution is 2.32. The number of halogens is 3. The van der Waals surface area contributed by atoms with Crippen LogP contribution in [0.2, 0.25) is 0 Å². The molecule has 5 nitrogen and oxygen atoms in total. The highest BCUT2D eigenvalue weighted by Gasteiger charge is 2.34. The Kier molecular flexibility index (Phi) is 3.91. The van der Waals surface area contributed by atoms with Crippen LogP contribution in [0.1, 0.15) is 30.1 Å². The molecule has 0 spiro atoms. The Balaban J connectivity index is 1.80. The minimum atomic E-state index is -4.45. The molecule has 0 amide bonds. The Labute approximate surface area is 125 Å². The molecule has 0 saturated carbocycles. The van der Waals surface area contributed by atoms with Gasteiger partial charge in [0, 0.05) is 37.1 Å². The Hall–Kier alpha value is -2.25. The number of rotatable bonds is 2. The van der Waals surface area contributed by atoms with Crippen LogP contribution in [0, 0.1) is 0 Å². The maximum Gasteiger partial charge on any atom is 0.433 e. The maximum atomic E-state index is 12.8. The molecule has 1 atom stereocenters. The molecule has 1 saturated heterocycles. The molecule has 1 unspecified atom stereocenters. The van der Waals surface area contributed by atoms with Crippen molar-refractivity contribution in [2.24, 2.45) is 0 Å². The summed E-state index contributed by atoms with van der Waals surface area (Å²) >= 11 is 0. The van der Waals surface area contributed by atoms with E-state index < -0.39 is 11.9 Å².